The highest BCUT2D eigenvalue weighted by atomic mass is 16.5. The van der Waals surface area contributed by atoms with Crippen LogP contribution >= 0.6 is 0 Å². The van der Waals surface area contributed by atoms with Crippen LogP contribution in [0.25, 0.3) is 0 Å². The van der Waals surface area contributed by atoms with Crippen LogP contribution in [-0.4, -0.2) is 17.2 Å². The number of carboxylic acid groups (broad SMARTS) is 1. The summed E-state index contributed by atoms with van der Waals surface area (Å²) in [7, 11) is 0. The van der Waals surface area contributed by atoms with E-state index in [4.69, 9.17) is 4.74 Å². The van der Waals surface area contributed by atoms with Crippen molar-refractivity contribution in [2.75, 3.05) is 0 Å². The molecular weight excluding hydrogens is 252 g/mol. The van der Waals surface area contributed by atoms with Crippen LogP contribution in [0.4, 0.5) is 0 Å². The molecule has 1 saturated carbocycles. The molecule has 20 heavy (non-hydrogen) atoms. The fourth-order valence-corrected chi connectivity index (χ4v) is 3.07. The Morgan fingerprint density at radius 1 is 1.40 bits per heavy atom. The molecular formula is C17H24O3. The predicted molar refractivity (Wildman–Crippen MR) is 79.2 cm³/mol. The van der Waals surface area contributed by atoms with Crippen molar-refractivity contribution in [3.63, 3.8) is 0 Å². The molecule has 1 aromatic rings. The van der Waals surface area contributed by atoms with Gasteiger partial charge in [0.2, 0.25) is 0 Å². The summed E-state index contributed by atoms with van der Waals surface area (Å²) in [5.74, 6) is -0.189. The van der Waals surface area contributed by atoms with Crippen LogP contribution in [0.2, 0.25) is 0 Å². The maximum absolute atomic E-state index is 11.2. The van der Waals surface area contributed by atoms with Crippen LogP contribution < -0.4 is 4.74 Å². The lowest BCUT2D eigenvalue weighted by atomic mass is 9.85. The van der Waals surface area contributed by atoms with Gasteiger partial charge in [-0.3, -0.25) is 4.79 Å². The lowest BCUT2D eigenvalue weighted by Crippen LogP contribution is -2.18. The van der Waals surface area contributed by atoms with Crippen LogP contribution in [0, 0.1) is 5.92 Å². The number of carboxylic acids is 1. The van der Waals surface area contributed by atoms with E-state index in [2.05, 4.69) is 0 Å². The minimum atomic E-state index is -0.737. The number of benzene rings is 1. The van der Waals surface area contributed by atoms with Gasteiger partial charge in [-0.25, -0.2) is 0 Å². The van der Waals surface area contributed by atoms with Crippen molar-refractivity contribution in [3.8, 4) is 5.75 Å². The second kappa shape index (κ2) is 6.78. The molecule has 0 aromatic heterocycles. The van der Waals surface area contributed by atoms with Gasteiger partial charge in [0.1, 0.15) is 5.75 Å². The summed E-state index contributed by atoms with van der Waals surface area (Å²) in [6.45, 7) is 3.82. The van der Waals surface area contributed by atoms with Crippen LogP contribution in [-0.2, 0) is 4.79 Å². The van der Waals surface area contributed by atoms with E-state index in [1.54, 1.807) is 6.92 Å². The van der Waals surface area contributed by atoms with Gasteiger partial charge in [0, 0.05) is 0 Å². The van der Waals surface area contributed by atoms with Gasteiger partial charge in [0.05, 0.1) is 12.0 Å². The highest BCUT2D eigenvalue weighted by molar-refractivity contribution is 5.71. The molecule has 3 heteroatoms. The van der Waals surface area contributed by atoms with Crippen molar-refractivity contribution in [3.05, 3.63) is 29.8 Å². The van der Waals surface area contributed by atoms with Gasteiger partial charge >= 0.3 is 5.97 Å². The summed E-state index contributed by atoms with van der Waals surface area (Å²) < 4.78 is 6.00. The van der Waals surface area contributed by atoms with Crippen molar-refractivity contribution in [2.24, 2.45) is 5.92 Å². The highest BCUT2D eigenvalue weighted by Crippen LogP contribution is 2.31. The Bertz CT molecular complexity index is 449. The first-order chi connectivity index (χ1) is 9.61. The van der Waals surface area contributed by atoms with Crippen LogP contribution in [0.15, 0.2) is 24.3 Å². The zero-order valence-corrected chi connectivity index (χ0v) is 12.3. The summed E-state index contributed by atoms with van der Waals surface area (Å²) >= 11 is 0. The van der Waals surface area contributed by atoms with Gasteiger partial charge in [-0.15, -0.1) is 0 Å². The van der Waals surface area contributed by atoms with E-state index in [-0.39, 0.29) is 11.8 Å². The first-order valence-corrected chi connectivity index (χ1v) is 7.61. The summed E-state index contributed by atoms with van der Waals surface area (Å²) in [6.07, 6.45) is 5.92. The molecule has 0 amide bonds. The normalized spacial score (nSPS) is 18.7. The average molecular weight is 276 g/mol. The summed E-state index contributed by atoms with van der Waals surface area (Å²) in [6, 6.07) is 7.97. The van der Waals surface area contributed by atoms with E-state index in [1.165, 1.54) is 12.8 Å². The van der Waals surface area contributed by atoms with Crippen molar-refractivity contribution >= 4 is 5.97 Å². The Kier molecular flexibility index (Phi) is 5.05. The third-order valence-corrected chi connectivity index (χ3v) is 4.32. The van der Waals surface area contributed by atoms with Gasteiger partial charge in [-0.05, 0) is 55.7 Å². The Labute approximate surface area is 121 Å². The number of rotatable bonds is 6. The van der Waals surface area contributed by atoms with E-state index in [9.17, 15) is 9.90 Å². The number of hydrogen-bond donors (Lipinski definition) is 1. The van der Waals surface area contributed by atoms with Gasteiger partial charge in [0.15, 0.2) is 0 Å². The minimum Gasteiger partial charge on any atom is -0.490 e. The van der Waals surface area contributed by atoms with E-state index < -0.39 is 5.97 Å². The zero-order valence-electron chi connectivity index (χ0n) is 12.3. The van der Waals surface area contributed by atoms with Gasteiger partial charge < -0.3 is 9.84 Å². The second-order valence-electron chi connectivity index (χ2n) is 5.74. The SMILES string of the molecule is CC[C@H](c1cccc(OC2CCCC2)c1)[C@H](C)C(=O)O. The number of carbonyl (C=O) groups is 1. The highest BCUT2D eigenvalue weighted by Gasteiger charge is 2.24. The fourth-order valence-electron chi connectivity index (χ4n) is 3.07. The minimum absolute atomic E-state index is 0.0413. The molecule has 0 aliphatic heterocycles. The molecule has 0 spiro atoms. The summed E-state index contributed by atoms with van der Waals surface area (Å²) in [4.78, 5) is 11.2. The molecule has 3 nitrogen and oxygen atoms in total. The molecule has 0 bridgehead atoms. The Balaban J connectivity index is 2.12. The van der Waals surface area contributed by atoms with Gasteiger partial charge in [-0.1, -0.05) is 26.0 Å². The monoisotopic (exact) mass is 276 g/mol. The van der Waals surface area contributed by atoms with Gasteiger partial charge in [-0.2, -0.15) is 0 Å². The second-order valence-corrected chi connectivity index (χ2v) is 5.74. The topological polar surface area (TPSA) is 46.5 Å². The quantitative estimate of drug-likeness (QED) is 0.846. The average Bonchev–Trinajstić information content (AvgIpc) is 2.92. The van der Waals surface area contributed by atoms with E-state index >= 15 is 0 Å². The standard InChI is InChI=1S/C17H24O3/c1-3-16(12(2)17(18)19)13-7-6-10-15(11-13)20-14-8-4-5-9-14/h6-7,10-12,14,16H,3-5,8-9H2,1-2H3,(H,18,19)/t12-,16-/m0/s1. The van der Waals surface area contributed by atoms with Crippen molar-refractivity contribution < 1.29 is 14.6 Å². The molecule has 0 radical (unpaired) electrons. The van der Waals surface area contributed by atoms with Crippen molar-refractivity contribution in [2.45, 2.75) is 58.0 Å². The molecule has 1 aliphatic carbocycles. The number of ether oxygens (including phenoxy) is 1. The van der Waals surface area contributed by atoms with E-state index in [0.29, 0.717) is 6.10 Å². The molecule has 2 atom stereocenters. The lowest BCUT2D eigenvalue weighted by molar-refractivity contribution is -0.141. The Morgan fingerprint density at radius 2 is 2.10 bits per heavy atom. The Hall–Kier alpha value is -1.51. The molecule has 0 heterocycles. The smallest absolute Gasteiger partial charge is 0.306 e. The van der Waals surface area contributed by atoms with Crippen LogP contribution in [0.1, 0.15) is 57.4 Å². The molecule has 1 N–H and O–H groups in total. The number of hydrogen-bond acceptors (Lipinski definition) is 2. The largest absolute Gasteiger partial charge is 0.490 e. The summed E-state index contributed by atoms with van der Waals surface area (Å²) in [5, 5.41) is 9.21. The van der Waals surface area contributed by atoms with Crippen molar-refractivity contribution in [1.29, 1.82) is 0 Å². The first kappa shape index (κ1) is 14.9. The molecule has 1 aromatic carbocycles. The maximum atomic E-state index is 11.2. The fraction of sp³-hybridized carbons (Fsp3) is 0.588. The van der Waals surface area contributed by atoms with Crippen LogP contribution in [0.3, 0.4) is 0 Å². The Morgan fingerprint density at radius 3 is 2.70 bits per heavy atom. The molecule has 0 unspecified atom stereocenters. The van der Waals surface area contributed by atoms with Gasteiger partial charge in [0.25, 0.3) is 0 Å². The molecule has 0 saturated heterocycles. The molecule has 1 aliphatic rings. The lowest BCUT2D eigenvalue weighted by Gasteiger charge is -2.21. The third kappa shape index (κ3) is 3.53. The molecule has 2 rings (SSSR count). The maximum Gasteiger partial charge on any atom is 0.306 e. The van der Waals surface area contributed by atoms with Crippen molar-refractivity contribution in [1.82, 2.24) is 0 Å². The molecule has 110 valence electrons. The first-order valence-electron chi connectivity index (χ1n) is 7.61. The predicted octanol–water partition coefficient (Wildman–Crippen LogP) is 4.22. The summed E-state index contributed by atoms with van der Waals surface area (Å²) in [5.41, 5.74) is 1.07. The zero-order chi connectivity index (χ0) is 14.5. The third-order valence-electron chi connectivity index (χ3n) is 4.32. The van der Waals surface area contributed by atoms with Crippen LogP contribution in [0.5, 0.6) is 5.75 Å². The number of aliphatic carboxylic acids is 1. The van der Waals surface area contributed by atoms with E-state index in [1.807, 2.05) is 31.2 Å². The van der Waals surface area contributed by atoms with E-state index in [0.717, 1.165) is 30.6 Å². The molecule has 1 fully saturated rings.